The summed E-state index contributed by atoms with van der Waals surface area (Å²) in [4.78, 5) is 0. The van der Waals surface area contributed by atoms with E-state index in [-0.39, 0.29) is 0 Å². The van der Waals surface area contributed by atoms with Crippen molar-refractivity contribution in [1.29, 1.82) is 0 Å². The topological polar surface area (TPSA) is 40.5 Å². The molecule has 0 radical (unpaired) electrons. The Kier molecular flexibility index (Phi) is 1.61. The highest BCUT2D eigenvalue weighted by Crippen LogP contribution is 2.27. The van der Waals surface area contributed by atoms with Gasteiger partial charge < -0.3 is 10.2 Å². The van der Waals surface area contributed by atoms with Crippen molar-refractivity contribution >= 4 is 0 Å². The van der Waals surface area contributed by atoms with E-state index in [0.717, 1.165) is 0 Å². The summed E-state index contributed by atoms with van der Waals surface area (Å²) >= 11 is 0. The predicted octanol–water partition coefficient (Wildman–Crippen LogP) is 0.838. The van der Waals surface area contributed by atoms with Crippen molar-refractivity contribution in [3.63, 3.8) is 0 Å². The SMILES string of the molecule is CC1(O)C=CC(C)(O)CC1. The third-order valence-corrected chi connectivity index (χ3v) is 1.94. The van der Waals surface area contributed by atoms with E-state index in [4.69, 9.17) is 0 Å². The summed E-state index contributed by atoms with van der Waals surface area (Å²) in [6, 6.07) is 0. The summed E-state index contributed by atoms with van der Waals surface area (Å²) < 4.78 is 0. The molecule has 0 bridgehead atoms. The smallest absolute Gasteiger partial charge is 0.0801 e. The van der Waals surface area contributed by atoms with Gasteiger partial charge in [-0.1, -0.05) is 12.2 Å². The van der Waals surface area contributed by atoms with Gasteiger partial charge >= 0.3 is 0 Å². The molecule has 0 heterocycles. The van der Waals surface area contributed by atoms with Gasteiger partial charge in [0.2, 0.25) is 0 Å². The minimum absolute atomic E-state index is 0.635. The van der Waals surface area contributed by atoms with Crippen LogP contribution in [0.15, 0.2) is 12.2 Å². The molecule has 2 nitrogen and oxygen atoms in total. The van der Waals surface area contributed by atoms with Crippen molar-refractivity contribution in [1.82, 2.24) is 0 Å². The Bertz CT molecular complexity index is 139. The third-order valence-electron chi connectivity index (χ3n) is 1.94. The Labute approximate surface area is 61.2 Å². The van der Waals surface area contributed by atoms with E-state index < -0.39 is 11.2 Å². The Morgan fingerprint density at radius 2 is 1.30 bits per heavy atom. The zero-order chi connectivity index (χ0) is 7.83. The first kappa shape index (κ1) is 7.76. The molecule has 2 unspecified atom stereocenters. The number of rotatable bonds is 0. The van der Waals surface area contributed by atoms with Gasteiger partial charge in [-0.15, -0.1) is 0 Å². The van der Waals surface area contributed by atoms with E-state index in [1.165, 1.54) is 0 Å². The lowest BCUT2D eigenvalue weighted by Crippen LogP contribution is -2.33. The average molecular weight is 142 g/mol. The fourth-order valence-electron chi connectivity index (χ4n) is 1.03. The fourth-order valence-corrected chi connectivity index (χ4v) is 1.03. The molecule has 2 heteroatoms. The van der Waals surface area contributed by atoms with Crippen LogP contribution in [-0.4, -0.2) is 21.4 Å². The van der Waals surface area contributed by atoms with Crippen LogP contribution in [0.3, 0.4) is 0 Å². The van der Waals surface area contributed by atoms with Crippen LogP contribution in [0.25, 0.3) is 0 Å². The highest BCUT2D eigenvalue weighted by molar-refractivity contribution is 5.11. The van der Waals surface area contributed by atoms with Gasteiger partial charge in [0.1, 0.15) is 0 Å². The van der Waals surface area contributed by atoms with Crippen molar-refractivity contribution in [2.24, 2.45) is 0 Å². The predicted molar refractivity (Wildman–Crippen MR) is 39.6 cm³/mol. The molecule has 0 aliphatic heterocycles. The Hall–Kier alpha value is -0.340. The van der Waals surface area contributed by atoms with Crippen molar-refractivity contribution in [3.05, 3.63) is 12.2 Å². The highest BCUT2D eigenvalue weighted by Gasteiger charge is 2.28. The van der Waals surface area contributed by atoms with Gasteiger partial charge in [-0.05, 0) is 26.7 Å². The number of aliphatic hydroxyl groups is 2. The summed E-state index contributed by atoms with van der Waals surface area (Å²) in [7, 11) is 0. The largest absolute Gasteiger partial charge is 0.386 e. The molecule has 2 N–H and O–H groups in total. The van der Waals surface area contributed by atoms with E-state index in [0.29, 0.717) is 12.8 Å². The maximum atomic E-state index is 9.41. The summed E-state index contributed by atoms with van der Waals surface area (Å²) in [5, 5.41) is 18.8. The van der Waals surface area contributed by atoms with Crippen molar-refractivity contribution < 1.29 is 10.2 Å². The quantitative estimate of drug-likeness (QED) is 0.492. The lowest BCUT2D eigenvalue weighted by atomic mass is 9.85. The fraction of sp³-hybridized carbons (Fsp3) is 0.750. The van der Waals surface area contributed by atoms with E-state index in [1.807, 2.05) is 0 Å². The van der Waals surface area contributed by atoms with Crippen LogP contribution < -0.4 is 0 Å². The maximum Gasteiger partial charge on any atom is 0.0801 e. The van der Waals surface area contributed by atoms with E-state index in [9.17, 15) is 10.2 Å². The summed E-state index contributed by atoms with van der Waals surface area (Å²) in [6.45, 7) is 3.50. The maximum absolute atomic E-state index is 9.41. The standard InChI is InChI=1S/C8H14O2/c1-7(9)3-5-8(2,10)6-4-7/h3,5,9-10H,4,6H2,1-2H3. The molecule has 0 aromatic heterocycles. The van der Waals surface area contributed by atoms with Gasteiger partial charge in [0.15, 0.2) is 0 Å². The zero-order valence-electron chi connectivity index (χ0n) is 6.46. The molecule has 0 amide bonds. The van der Waals surface area contributed by atoms with Gasteiger partial charge in [-0.25, -0.2) is 0 Å². The lowest BCUT2D eigenvalue weighted by Gasteiger charge is -2.30. The summed E-state index contributed by atoms with van der Waals surface area (Å²) in [5.74, 6) is 0. The lowest BCUT2D eigenvalue weighted by molar-refractivity contribution is 0.0301. The normalized spacial score (nSPS) is 47.6. The van der Waals surface area contributed by atoms with Gasteiger partial charge in [0, 0.05) is 0 Å². The number of hydrogen-bond donors (Lipinski definition) is 2. The molecule has 0 saturated carbocycles. The minimum Gasteiger partial charge on any atom is -0.386 e. The monoisotopic (exact) mass is 142 g/mol. The van der Waals surface area contributed by atoms with Crippen LogP contribution in [0.4, 0.5) is 0 Å². The third kappa shape index (κ3) is 1.82. The molecule has 0 aromatic rings. The second-order valence-corrected chi connectivity index (χ2v) is 3.55. The molecule has 0 fully saturated rings. The zero-order valence-corrected chi connectivity index (χ0v) is 6.46. The van der Waals surface area contributed by atoms with Crippen molar-refractivity contribution in [2.45, 2.75) is 37.9 Å². The van der Waals surface area contributed by atoms with Gasteiger partial charge in [0.05, 0.1) is 11.2 Å². The molecular weight excluding hydrogens is 128 g/mol. The summed E-state index contributed by atoms with van der Waals surface area (Å²) in [5.41, 5.74) is -1.41. The first-order valence-corrected chi connectivity index (χ1v) is 3.57. The van der Waals surface area contributed by atoms with Crippen LogP contribution in [0.5, 0.6) is 0 Å². The molecule has 1 rings (SSSR count). The van der Waals surface area contributed by atoms with Crippen LogP contribution >= 0.6 is 0 Å². The van der Waals surface area contributed by atoms with E-state index in [1.54, 1.807) is 26.0 Å². The van der Waals surface area contributed by atoms with Crippen molar-refractivity contribution in [2.75, 3.05) is 0 Å². The van der Waals surface area contributed by atoms with E-state index >= 15 is 0 Å². The van der Waals surface area contributed by atoms with Gasteiger partial charge in [-0.3, -0.25) is 0 Å². The highest BCUT2D eigenvalue weighted by atomic mass is 16.3. The van der Waals surface area contributed by atoms with Crippen LogP contribution in [0.2, 0.25) is 0 Å². The first-order valence-electron chi connectivity index (χ1n) is 3.57. The Balaban J connectivity index is 2.70. The van der Waals surface area contributed by atoms with Crippen molar-refractivity contribution in [3.8, 4) is 0 Å². The van der Waals surface area contributed by atoms with Gasteiger partial charge in [0.25, 0.3) is 0 Å². The molecule has 0 spiro atoms. The second kappa shape index (κ2) is 2.07. The molecule has 10 heavy (non-hydrogen) atoms. The second-order valence-electron chi connectivity index (χ2n) is 3.55. The Morgan fingerprint density at radius 1 is 1.00 bits per heavy atom. The minimum atomic E-state index is -0.706. The molecule has 1 aliphatic rings. The molecule has 0 saturated heterocycles. The first-order chi connectivity index (χ1) is 4.41. The van der Waals surface area contributed by atoms with Crippen LogP contribution in [0.1, 0.15) is 26.7 Å². The average Bonchev–Trinajstić information content (AvgIpc) is 1.79. The summed E-state index contributed by atoms with van der Waals surface area (Å²) in [6.07, 6.45) is 4.60. The van der Waals surface area contributed by atoms with Crippen LogP contribution in [-0.2, 0) is 0 Å². The van der Waals surface area contributed by atoms with Crippen LogP contribution in [0, 0.1) is 0 Å². The molecule has 58 valence electrons. The van der Waals surface area contributed by atoms with Gasteiger partial charge in [-0.2, -0.15) is 0 Å². The molecule has 0 aromatic carbocycles. The molecule has 1 aliphatic carbocycles. The molecular formula is C8H14O2. The number of hydrogen-bond acceptors (Lipinski definition) is 2. The molecule has 2 atom stereocenters. The van der Waals surface area contributed by atoms with E-state index in [2.05, 4.69) is 0 Å². The Morgan fingerprint density at radius 3 is 1.50 bits per heavy atom.